The molecule has 0 aliphatic carbocycles. The Bertz CT molecular complexity index is 404. The average molecular weight is 263 g/mol. The van der Waals surface area contributed by atoms with Gasteiger partial charge in [0.05, 0.1) is 6.61 Å². The molecule has 3 N–H and O–H groups in total. The maximum atomic E-state index is 7.43. The quantitative estimate of drug-likeness (QED) is 0.407. The fraction of sp³-hybridized carbons (Fsp3) is 0.600. The van der Waals surface area contributed by atoms with E-state index in [0.717, 1.165) is 12.1 Å². The highest BCUT2D eigenvalue weighted by Crippen LogP contribution is 2.13. The molecule has 19 heavy (non-hydrogen) atoms. The number of pyridine rings is 1. The van der Waals surface area contributed by atoms with Gasteiger partial charge in [0.2, 0.25) is 5.88 Å². The van der Waals surface area contributed by atoms with E-state index < -0.39 is 0 Å². The van der Waals surface area contributed by atoms with Gasteiger partial charge < -0.3 is 10.5 Å². The maximum Gasteiger partial charge on any atom is 0.214 e. The van der Waals surface area contributed by atoms with E-state index in [2.05, 4.69) is 11.9 Å². The molecule has 0 saturated carbocycles. The summed E-state index contributed by atoms with van der Waals surface area (Å²) in [5, 5.41) is 7.43. The number of hydrogen-bond donors (Lipinski definition) is 2. The lowest BCUT2D eigenvalue weighted by atomic mass is 10.1. The molecule has 4 nitrogen and oxygen atoms in total. The van der Waals surface area contributed by atoms with Crippen LogP contribution in [0.4, 0.5) is 0 Å². The number of rotatable bonds is 9. The van der Waals surface area contributed by atoms with Crippen LogP contribution in [-0.4, -0.2) is 17.4 Å². The van der Waals surface area contributed by atoms with Gasteiger partial charge in [-0.1, -0.05) is 39.0 Å². The van der Waals surface area contributed by atoms with Crippen LogP contribution < -0.4 is 10.5 Å². The van der Waals surface area contributed by atoms with Crippen LogP contribution in [0.5, 0.6) is 5.88 Å². The van der Waals surface area contributed by atoms with Gasteiger partial charge in [-0.3, -0.25) is 5.41 Å². The molecule has 0 aliphatic heterocycles. The molecule has 0 aliphatic rings. The van der Waals surface area contributed by atoms with Crippen molar-refractivity contribution in [3.05, 3.63) is 23.4 Å². The fourth-order valence-corrected chi connectivity index (χ4v) is 1.93. The minimum absolute atomic E-state index is 0.0508. The zero-order valence-corrected chi connectivity index (χ0v) is 12.0. The lowest BCUT2D eigenvalue weighted by molar-refractivity contribution is 0.292. The standard InChI is InChI=1S/C15H25N3O/c1-3-4-5-6-7-8-9-19-14-11-13(15(16)17)10-12(2)18-14/h10-11H,3-9H2,1-2H3,(H3,16,17). The van der Waals surface area contributed by atoms with Crippen molar-refractivity contribution < 1.29 is 4.74 Å². The van der Waals surface area contributed by atoms with Gasteiger partial charge in [0.15, 0.2) is 0 Å². The number of nitrogens with zero attached hydrogens (tertiary/aromatic N) is 1. The number of nitrogens with two attached hydrogens (primary N) is 1. The summed E-state index contributed by atoms with van der Waals surface area (Å²) in [6.45, 7) is 4.78. The molecule has 0 fully saturated rings. The van der Waals surface area contributed by atoms with Crippen LogP contribution in [-0.2, 0) is 0 Å². The van der Waals surface area contributed by atoms with Crippen molar-refractivity contribution in [1.82, 2.24) is 4.98 Å². The van der Waals surface area contributed by atoms with Crippen molar-refractivity contribution in [2.45, 2.75) is 52.4 Å². The largest absolute Gasteiger partial charge is 0.478 e. The van der Waals surface area contributed by atoms with Crippen molar-refractivity contribution in [3.8, 4) is 5.88 Å². The van der Waals surface area contributed by atoms with Crippen molar-refractivity contribution in [3.63, 3.8) is 0 Å². The molecule has 1 heterocycles. The normalized spacial score (nSPS) is 10.4. The van der Waals surface area contributed by atoms with E-state index in [4.69, 9.17) is 15.9 Å². The predicted molar refractivity (Wildman–Crippen MR) is 78.9 cm³/mol. The minimum atomic E-state index is 0.0508. The van der Waals surface area contributed by atoms with Gasteiger partial charge in [0.25, 0.3) is 0 Å². The predicted octanol–water partition coefficient (Wildman–Crippen LogP) is 3.41. The lowest BCUT2D eigenvalue weighted by Gasteiger charge is -2.08. The Kier molecular flexibility index (Phi) is 6.93. The number of ether oxygens (including phenoxy) is 1. The highest BCUT2D eigenvalue weighted by atomic mass is 16.5. The van der Waals surface area contributed by atoms with Gasteiger partial charge in [-0.05, 0) is 19.4 Å². The molecule has 106 valence electrons. The first-order chi connectivity index (χ1) is 9.13. The highest BCUT2D eigenvalue weighted by molar-refractivity contribution is 5.95. The number of unbranched alkanes of at least 4 members (excludes halogenated alkanes) is 5. The number of nitrogen functional groups attached to an aromatic ring is 1. The number of aromatic nitrogens is 1. The third kappa shape index (κ3) is 6.22. The third-order valence-electron chi connectivity index (χ3n) is 2.99. The molecule has 1 aromatic heterocycles. The Balaban J connectivity index is 2.31. The van der Waals surface area contributed by atoms with Crippen molar-refractivity contribution in [2.24, 2.45) is 5.73 Å². The molecule has 0 saturated heterocycles. The molecule has 0 amide bonds. The van der Waals surface area contributed by atoms with Crippen molar-refractivity contribution >= 4 is 5.84 Å². The lowest BCUT2D eigenvalue weighted by Crippen LogP contribution is -2.12. The molecule has 4 heteroatoms. The number of nitrogens with one attached hydrogen (secondary N) is 1. The summed E-state index contributed by atoms with van der Waals surface area (Å²) in [5.41, 5.74) is 6.97. The van der Waals surface area contributed by atoms with Crippen LogP contribution in [0.2, 0.25) is 0 Å². The SMILES string of the molecule is CCCCCCCCOc1cc(C(=N)N)cc(C)n1. The Morgan fingerprint density at radius 3 is 2.58 bits per heavy atom. The van der Waals surface area contributed by atoms with E-state index in [1.54, 1.807) is 12.1 Å². The molecule has 0 aromatic carbocycles. The van der Waals surface area contributed by atoms with Crippen LogP contribution in [0.25, 0.3) is 0 Å². The second kappa shape index (κ2) is 8.51. The van der Waals surface area contributed by atoms with Gasteiger partial charge >= 0.3 is 0 Å². The molecule has 1 rings (SSSR count). The summed E-state index contributed by atoms with van der Waals surface area (Å²) in [6, 6.07) is 3.52. The molecular formula is C15H25N3O. The summed E-state index contributed by atoms with van der Waals surface area (Å²) in [4.78, 5) is 4.29. The van der Waals surface area contributed by atoms with E-state index in [-0.39, 0.29) is 5.84 Å². The van der Waals surface area contributed by atoms with Gasteiger partial charge in [0.1, 0.15) is 5.84 Å². The molecule has 0 unspecified atom stereocenters. The fourth-order valence-electron chi connectivity index (χ4n) is 1.93. The van der Waals surface area contributed by atoms with Crippen LogP contribution in [0.15, 0.2) is 12.1 Å². The van der Waals surface area contributed by atoms with Crippen LogP contribution in [0.3, 0.4) is 0 Å². The number of hydrogen-bond acceptors (Lipinski definition) is 3. The summed E-state index contributed by atoms with van der Waals surface area (Å²) in [5.74, 6) is 0.619. The summed E-state index contributed by atoms with van der Waals surface area (Å²) >= 11 is 0. The topological polar surface area (TPSA) is 72.0 Å². The molecule has 0 radical (unpaired) electrons. The monoisotopic (exact) mass is 263 g/mol. The Labute approximate surface area is 115 Å². The van der Waals surface area contributed by atoms with Crippen LogP contribution in [0, 0.1) is 12.3 Å². The first-order valence-corrected chi connectivity index (χ1v) is 7.09. The first kappa shape index (κ1) is 15.5. The van der Waals surface area contributed by atoms with Crippen LogP contribution >= 0.6 is 0 Å². The zero-order chi connectivity index (χ0) is 14.1. The average Bonchev–Trinajstić information content (AvgIpc) is 2.37. The van der Waals surface area contributed by atoms with E-state index >= 15 is 0 Å². The summed E-state index contributed by atoms with van der Waals surface area (Å²) in [7, 11) is 0. The van der Waals surface area contributed by atoms with Gasteiger partial charge in [-0.2, -0.15) is 0 Å². The van der Waals surface area contributed by atoms with Gasteiger partial charge in [-0.15, -0.1) is 0 Å². The van der Waals surface area contributed by atoms with Crippen molar-refractivity contribution in [2.75, 3.05) is 6.61 Å². The zero-order valence-electron chi connectivity index (χ0n) is 12.0. The van der Waals surface area contributed by atoms with Crippen molar-refractivity contribution in [1.29, 1.82) is 5.41 Å². The van der Waals surface area contributed by atoms with E-state index in [1.807, 2.05) is 6.92 Å². The summed E-state index contributed by atoms with van der Waals surface area (Å²) in [6.07, 6.45) is 7.44. The Morgan fingerprint density at radius 1 is 1.21 bits per heavy atom. The first-order valence-electron chi connectivity index (χ1n) is 7.09. The van der Waals surface area contributed by atoms with Crippen LogP contribution in [0.1, 0.15) is 56.7 Å². The molecule has 0 atom stereocenters. The second-order valence-electron chi connectivity index (χ2n) is 4.87. The maximum absolute atomic E-state index is 7.43. The molecule has 1 aromatic rings. The Morgan fingerprint density at radius 2 is 1.89 bits per heavy atom. The smallest absolute Gasteiger partial charge is 0.214 e. The van der Waals surface area contributed by atoms with E-state index in [1.165, 1.54) is 32.1 Å². The number of aryl methyl sites for hydroxylation is 1. The molecule has 0 bridgehead atoms. The minimum Gasteiger partial charge on any atom is -0.478 e. The Hall–Kier alpha value is -1.58. The molecule has 0 spiro atoms. The third-order valence-corrected chi connectivity index (χ3v) is 2.99. The van der Waals surface area contributed by atoms with E-state index in [9.17, 15) is 0 Å². The second-order valence-corrected chi connectivity index (χ2v) is 4.87. The van der Waals surface area contributed by atoms with Gasteiger partial charge in [0, 0.05) is 17.3 Å². The summed E-state index contributed by atoms with van der Waals surface area (Å²) < 4.78 is 5.62. The number of amidine groups is 1. The van der Waals surface area contributed by atoms with E-state index in [0.29, 0.717) is 18.1 Å². The highest BCUT2D eigenvalue weighted by Gasteiger charge is 2.03. The van der Waals surface area contributed by atoms with Gasteiger partial charge in [-0.25, -0.2) is 4.98 Å². The molecular weight excluding hydrogens is 238 g/mol.